The van der Waals surface area contributed by atoms with Crippen molar-refractivity contribution >= 4 is 27.3 Å². The first kappa shape index (κ1) is 22.7. The van der Waals surface area contributed by atoms with Gasteiger partial charge in [-0.1, -0.05) is 42.5 Å². The van der Waals surface area contributed by atoms with E-state index in [0.717, 1.165) is 0 Å². The van der Waals surface area contributed by atoms with E-state index in [9.17, 15) is 18.0 Å². The second kappa shape index (κ2) is 9.97. The number of hydrogen-bond acceptors (Lipinski definition) is 5. The molecule has 0 atom stereocenters. The molecule has 0 unspecified atom stereocenters. The van der Waals surface area contributed by atoms with Crippen molar-refractivity contribution in [2.45, 2.75) is 10.6 Å². The van der Waals surface area contributed by atoms with Gasteiger partial charge < -0.3 is 15.0 Å². The van der Waals surface area contributed by atoms with Gasteiger partial charge in [0.25, 0.3) is 11.8 Å². The minimum Gasteiger partial charge on any atom is -0.378 e. The first-order chi connectivity index (χ1) is 15.9. The summed E-state index contributed by atoms with van der Waals surface area (Å²) in [5.41, 5.74) is 1.79. The molecule has 0 radical (unpaired) electrons. The van der Waals surface area contributed by atoms with Crippen molar-refractivity contribution in [3.05, 3.63) is 95.6 Å². The van der Waals surface area contributed by atoms with Gasteiger partial charge >= 0.3 is 0 Å². The normalized spacial score (nSPS) is 14.0. The second-order valence-corrected chi connectivity index (χ2v) is 9.66. The number of morpholine rings is 1. The van der Waals surface area contributed by atoms with E-state index in [1.165, 1.54) is 0 Å². The van der Waals surface area contributed by atoms with Crippen molar-refractivity contribution in [2.75, 3.05) is 31.6 Å². The van der Waals surface area contributed by atoms with Crippen molar-refractivity contribution in [1.82, 2.24) is 4.90 Å². The number of nitrogens with zero attached hydrogens (tertiary/aromatic N) is 1. The summed E-state index contributed by atoms with van der Waals surface area (Å²) in [4.78, 5) is 27.7. The molecule has 7 nitrogen and oxygen atoms in total. The maximum atomic E-state index is 12.9. The lowest BCUT2D eigenvalue weighted by atomic mass is 10.1. The Kier molecular flexibility index (Phi) is 6.86. The summed E-state index contributed by atoms with van der Waals surface area (Å²) in [6.45, 7) is 2.00. The van der Waals surface area contributed by atoms with Gasteiger partial charge in [0.2, 0.25) is 0 Å². The highest BCUT2D eigenvalue weighted by atomic mass is 32.2. The zero-order valence-corrected chi connectivity index (χ0v) is 18.8. The van der Waals surface area contributed by atoms with Crippen LogP contribution < -0.4 is 5.32 Å². The van der Waals surface area contributed by atoms with Gasteiger partial charge in [0.1, 0.15) is 0 Å². The molecule has 3 aromatic rings. The van der Waals surface area contributed by atoms with E-state index in [-0.39, 0.29) is 22.5 Å². The third-order valence-corrected chi connectivity index (χ3v) is 7.08. The van der Waals surface area contributed by atoms with Crippen LogP contribution in [0, 0.1) is 0 Å². The van der Waals surface area contributed by atoms with Gasteiger partial charge in [-0.2, -0.15) is 0 Å². The third-order valence-electron chi connectivity index (χ3n) is 5.38. The summed E-state index contributed by atoms with van der Waals surface area (Å²) >= 11 is 0. The predicted octanol–water partition coefficient (Wildman–Crippen LogP) is 3.39. The van der Waals surface area contributed by atoms with Gasteiger partial charge in [-0.05, 0) is 42.0 Å². The number of benzene rings is 3. The maximum absolute atomic E-state index is 12.9. The standard InChI is InChI=1S/C25H24N2O5S/c28-24(26-23-9-5-4-8-22(23)25(29)27-14-16-32-17-15-27)20-12-10-19(11-13-20)18-33(30,31)21-6-2-1-3-7-21/h1-13H,14-18H2,(H,26,28). The van der Waals surface area contributed by atoms with Crippen LogP contribution in [-0.4, -0.2) is 51.4 Å². The van der Waals surface area contributed by atoms with Gasteiger partial charge in [0.15, 0.2) is 9.84 Å². The Bertz CT molecular complexity index is 1240. The van der Waals surface area contributed by atoms with Gasteiger partial charge in [-0.25, -0.2) is 8.42 Å². The van der Waals surface area contributed by atoms with E-state index < -0.39 is 9.84 Å². The topological polar surface area (TPSA) is 92.8 Å². The van der Waals surface area contributed by atoms with Crippen molar-refractivity contribution in [2.24, 2.45) is 0 Å². The number of hydrogen-bond donors (Lipinski definition) is 1. The fourth-order valence-corrected chi connectivity index (χ4v) is 4.96. The molecule has 33 heavy (non-hydrogen) atoms. The number of anilines is 1. The van der Waals surface area contributed by atoms with Crippen LogP contribution in [0.3, 0.4) is 0 Å². The number of ether oxygens (including phenoxy) is 1. The molecule has 170 valence electrons. The molecular weight excluding hydrogens is 440 g/mol. The largest absolute Gasteiger partial charge is 0.378 e. The van der Waals surface area contributed by atoms with E-state index >= 15 is 0 Å². The van der Waals surface area contributed by atoms with Crippen molar-refractivity contribution in [3.8, 4) is 0 Å². The number of carbonyl (C=O) groups is 2. The zero-order chi connectivity index (χ0) is 23.3. The van der Waals surface area contributed by atoms with Crippen molar-refractivity contribution in [3.63, 3.8) is 0 Å². The molecular formula is C25H24N2O5S. The molecule has 0 bridgehead atoms. The number of rotatable bonds is 6. The number of carbonyl (C=O) groups excluding carboxylic acids is 2. The van der Waals surface area contributed by atoms with Crippen LogP contribution in [0.2, 0.25) is 0 Å². The Labute approximate surface area is 192 Å². The molecule has 4 rings (SSSR count). The zero-order valence-electron chi connectivity index (χ0n) is 17.9. The number of sulfone groups is 1. The Morgan fingerprint density at radius 3 is 2.18 bits per heavy atom. The van der Waals surface area contributed by atoms with E-state index in [0.29, 0.717) is 48.7 Å². The highest BCUT2D eigenvalue weighted by Crippen LogP contribution is 2.20. The highest BCUT2D eigenvalue weighted by molar-refractivity contribution is 7.90. The second-order valence-electron chi connectivity index (χ2n) is 7.67. The number of nitrogens with one attached hydrogen (secondary N) is 1. The van der Waals surface area contributed by atoms with Crippen molar-refractivity contribution in [1.29, 1.82) is 0 Å². The molecule has 2 amide bonds. The van der Waals surface area contributed by atoms with Crippen molar-refractivity contribution < 1.29 is 22.7 Å². The monoisotopic (exact) mass is 464 g/mol. The molecule has 1 aliphatic heterocycles. The maximum Gasteiger partial charge on any atom is 0.256 e. The average Bonchev–Trinajstić information content (AvgIpc) is 2.85. The molecule has 3 aromatic carbocycles. The number of amides is 2. The molecule has 0 aliphatic carbocycles. The summed E-state index contributed by atoms with van der Waals surface area (Å²) in [5, 5.41) is 2.80. The average molecular weight is 465 g/mol. The molecule has 0 spiro atoms. The molecule has 1 heterocycles. The van der Waals surface area contributed by atoms with Crippen LogP contribution in [-0.2, 0) is 20.3 Å². The van der Waals surface area contributed by atoms with Gasteiger partial charge in [0.05, 0.1) is 35.1 Å². The molecule has 1 saturated heterocycles. The minimum atomic E-state index is -3.47. The first-order valence-electron chi connectivity index (χ1n) is 10.6. The summed E-state index contributed by atoms with van der Waals surface area (Å²) in [6, 6.07) is 21.5. The van der Waals surface area contributed by atoms with E-state index in [1.54, 1.807) is 83.8 Å². The predicted molar refractivity (Wildman–Crippen MR) is 125 cm³/mol. The summed E-state index contributed by atoms with van der Waals surface area (Å²) in [5.74, 6) is -0.694. The van der Waals surface area contributed by atoms with Crippen LogP contribution in [0.5, 0.6) is 0 Å². The van der Waals surface area contributed by atoms with E-state index in [2.05, 4.69) is 5.32 Å². The van der Waals surface area contributed by atoms with Crippen LogP contribution in [0.4, 0.5) is 5.69 Å². The fourth-order valence-electron chi connectivity index (χ4n) is 3.59. The van der Waals surface area contributed by atoms with Gasteiger partial charge in [0, 0.05) is 18.7 Å². The number of para-hydroxylation sites is 1. The highest BCUT2D eigenvalue weighted by Gasteiger charge is 2.22. The lowest BCUT2D eigenvalue weighted by Gasteiger charge is -2.27. The minimum absolute atomic E-state index is 0.157. The smallest absolute Gasteiger partial charge is 0.256 e. The molecule has 1 fully saturated rings. The summed E-state index contributed by atoms with van der Waals surface area (Å²) < 4.78 is 30.4. The van der Waals surface area contributed by atoms with Crippen LogP contribution >= 0.6 is 0 Å². The third kappa shape index (κ3) is 5.47. The van der Waals surface area contributed by atoms with Crippen LogP contribution in [0.15, 0.2) is 83.8 Å². The Morgan fingerprint density at radius 1 is 0.848 bits per heavy atom. The van der Waals surface area contributed by atoms with Gasteiger partial charge in [-0.15, -0.1) is 0 Å². The molecule has 0 aromatic heterocycles. The molecule has 0 saturated carbocycles. The quantitative estimate of drug-likeness (QED) is 0.604. The molecule has 1 N–H and O–H groups in total. The summed E-state index contributed by atoms with van der Waals surface area (Å²) in [7, 11) is -3.47. The van der Waals surface area contributed by atoms with Gasteiger partial charge in [-0.3, -0.25) is 9.59 Å². The van der Waals surface area contributed by atoms with Crippen LogP contribution in [0.25, 0.3) is 0 Å². The SMILES string of the molecule is O=C(Nc1ccccc1C(=O)N1CCOCC1)c1ccc(CS(=O)(=O)c2ccccc2)cc1. The Hall–Kier alpha value is -3.49. The Balaban J connectivity index is 1.46. The summed E-state index contributed by atoms with van der Waals surface area (Å²) in [6.07, 6.45) is 0. The Morgan fingerprint density at radius 2 is 1.48 bits per heavy atom. The lowest BCUT2D eigenvalue weighted by molar-refractivity contribution is 0.0303. The van der Waals surface area contributed by atoms with E-state index in [1.807, 2.05) is 0 Å². The van der Waals surface area contributed by atoms with E-state index in [4.69, 9.17) is 4.74 Å². The first-order valence-corrected chi connectivity index (χ1v) is 12.2. The fraction of sp³-hybridized carbons (Fsp3) is 0.200. The lowest BCUT2D eigenvalue weighted by Crippen LogP contribution is -2.41. The van der Waals surface area contributed by atoms with Crippen LogP contribution in [0.1, 0.15) is 26.3 Å². The molecule has 1 aliphatic rings. The molecule has 8 heteroatoms.